The standard InChI is InChI=1S/C27H25ClN2O7/c1-16(2)25(32)37-24-19(12-20(28)13-23(24)36-26(33)18-5-4-10-29-14-18)15-30-22(27(34)35-3)11-17-6-8-21(31)9-7-17/h4-10,12-16,22,31H,11H2,1-3H3. The number of halogens is 1. The fourth-order valence-electron chi connectivity index (χ4n) is 3.09. The van der Waals surface area contributed by atoms with Gasteiger partial charge >= 0.3 is 17.9 Å². The highest BCUT2D eigenvalue weighted by Gasteiger charge is 2.23. The zero-order chi connectivity index (χ0) is 26.9. The van der Waals surface area contributed by atoms with E-state index in [1.165, 1.54) is 56.0 Å². The summed E-state index contributed by atoms with van der Waals surface area (Å²) in [6.45, 7) is 3.30. The molecule has 1 unspecified atom stereocenters. The largest absolute Gasteiger partial charge is 0.508 e. The van der Waals surface area contributed by atoms with Gasteiger partial charge in [0.05, 0.1) is 18.6 Å². The lowest BCUT2D eigenvalue weighted by molar-refractivity contribution is -0.142. The van der Waals surface area contributed by atoms with E-state index in [4.69, 9.17) is 25.8 Å². The van der Waals surface area contributed by atoms with Crippen molar-refractivity contribution in [2.75, 3.05) is 7.11 Å². The normalized spacial score (nSPS) is 11.8. The van der Waals surface area contributed by atoms with Crippen molar-refractivity contribution < 1.29 is 33.7 Å². The van der Waals surface area contributed by atoms with Gasteiger partial charge in [0, 0.05) is 41.7 Å². The minimum absolute atomic E-state index is 0.0858. The number of carbonyl (C=O) groups excluding carboxylic acids is 3. The molecule has 3 aromatic rings. The van der Waals surface area contributed by atoms with Crippen molar-refractivity contribution in [1.29, 1.82) is 0 Å². The van der Waals surface area contributed by atoms with Gasteiger partial charge in [-0.25, -0.2) is 9.59 Å². The molecule has 0 aliphatic rings. The number of aromatic nitrogens is 1. The van der Waals surface area contributed by atoms with E-state index < -0.39 is 29.9 Å². The van der Waals surface area contributed by atoms with Gasteiger partial charge in [-0.2, -0.15) is 0 Å². The Balaban J connectivity index is 2.00. The third kappa shape index (κ3) is 7.62. The van der Waals surface area contributed by atoms with Gasteiger partial charge < -0.3 is 19.3 Å². The number of phenols is 1. The Morgan fingerprint density at radius 2 is 1.81 bits per heavy atom. The average Bonchev–Trinajstić information content (AvgIpc) is 2.89. The Hall–Kier alpha value is -4.24. The number of phenolic OH excluding ortho intramolecular Hbond substituents is 1. The summed E-state index contributed by atoms with van der Waals surface area (Å²) in [7, 11) is 1.24. The number of methoxy groups -OCH3 is 1. The first-order chi connectivity index (χ1) is 17.7. The number of pyridine rings is 1. The van der Waals surface area contributed by atoms with Crippen LogP contribution >= 0.6 is 11.6 Å². The molecule has 0 amide bonds. The van der Waals surface area contributed by atoms with Crippen molar-refractivity contribution in [3.05, 3.63) is 82.6 Å². The molecule has 10 heteroatoms. The van der Waals surface area contributed by atoms with Crippen LogP contribution in [0.4, 0.5) is 0 Å². The lowest BCUT2D eigenvalue weighted by Gasteiger charge is -2.15. The van der Waals surface area contributed by atoms with Gasteiger partial charge in [0.25, 0.3) is 0 Å². The summed E-state index contributed by atoms with van der Waals surface area (Å²) in [6, 6.07) is 11.3. The molecule has 0 radical (unpaired) electrons. The Kier molecular flexibility index (Phi) is 9.34. The first-order valence-corrected chi connectivity index (χ1v) is 11.6. The Morgan fingerprint density at radius 1 is 1.08 bits per heavy atom. The summed E-state index contributed by atoms with van der Waals surface area (Å²) >= 11 is 6.28. The summed E-state index contributed by atoms with van der Waals surface area (Å²) in [5, 5.41) is 9.69. The van der Waals surface area contributed by atoms with E-state index >= 15 is 0 Å². The van der Waals surface area contributed by atoms with Crippen molar-refractivity contribution in [2.24, 2.45) is 10.9 Å². The van der Waals surface area contributed by atoms with Crippen molar-refractivity contribution in [3.8, 4) is 17.2 Å². The third-order valence-electron chi connectivity index (χ3n) is 5.05. The number of aliphatic imine (C=N–C) groups is 1. The van der Waals surface area contributed by atoms with Gasteiger partial charge in [0.15, 0.2) is 17.5 Å². The maximum atomic E-state index is 12.7. The molecule has 0 aliphatic heterocycles. The minimum Gasteiger partial charge on any atom is -0.508 e. The van der Waals surface area contributed by atoms with Gasteiger partial charge in [0.1, 0.15) is 5.75 Å². The maximum absolute atomic E-state index is 12.7. The number of hydrogen-bond acceptors (Lipinski definition) is 9. The van der Waals surface area contributed by atoms with Crippen molar-refractivity contribution in [2.45, 2.75) is 26.3 Å². The topological polar surface area (TPSA) is 124 Å². The predicted molar refractivity (Wildman–Crippen MR) is 136 cm³/mol. The molecule has 192 valence electrons. The quantitative estimate of drug-likeness (QED) is 0.248. The lowest BCUT2D eigenvalue weighted by atomic mass is 10.1. The van der Waals surface area contributed by atoms with Crippen LogP contribution in [0.5, 0.6) is 17.2 Å². The van der Waals surface area contributed by atoms with Gasteiger partial charge in [-0.1, -0.05) is 37.6 Å². The summed E-state index contributed by atoms with van der Waals surface area (Å²) in [5.41, 5.74) is 1.11. The zero-order valence-corrected chi connectivity index (χ0v) is 21.1. The van der Waals surface area contributed by atoms with Crippen LogP contribution in [0.3, 0.4) is 0 Å². The van der Waals surface area contributed by atoms with Crippen LogP contribution in [0.15, 0.2) is 65.9 Å². The molecule has 0 saturated heterocycles. The molecule has 3 rings (SSSR count). The number of benzene rings is 2. The SMILES string of the molecule is COC(=O)C(Cc1ccc(O)cc1)N=Cc1cc(Cl)cc(OC(=O)c2cccnc2)c1OC(=O)C(C)C. The molecule has 37 heavy (non-hydrogen) atoms. The van der Waals surface area contributed by atoms with Crippen LogP contribution in [-0.2, 0) is 20.7 Å². The van der Waals surface area contributed by atoms with Crippen molar-refractivity contribution >= 4 is 35.7 Å². The monoisotopic (exact) mass is 524 g/mol. The molecule has 0 bridgehead atoms. The molecular weight excluding hydrogens is 500 g/mol. The Morgan fingerprint density at radius 3 is 2.43 bits per heavy atom. The van der Waals surface area contributed by atoms with Crippen LogP contribution in [0, 0.1) is 5.92 Å². The lowest BCUT2D eigenvalue weighted by Crippen LogP contribution is -2.23. The molecule has 0 aliphatic carbocycles. The molecule has 9 nitrogen and oxygen atoms in total. The third-order valence-corrected chi connectivity index (χ3v) is 5.27. The zero-order valence-electron chi connectivity index (χ0n) is 20.4. The molecule has 2 aromatic carbocycles. The van der Waals surface area contributed by atoms with Gasteiger partial charge in [-0.15, -0.1) is 0 Å². The van der Waals surface area contributed by atoms with E-state index in [0.717, 1.165) is 5.56 Å². The predicted octanol–water partition coefficient (Wildman–Crippen LogP) is 4.42. The van der Waals surface area contributed by atoms with Gasteiger partial charge in [-0.3, -0.25) is 14.8 Å². The van der Waals surface area contributed by atoms with Crippen molar-refractivity contribution in [3.63, 3.8) is 0 Å². The summed E-state index contributed by atoms with van der Waals surface area (Å²) in [5.74, 6) is -2.51. The second-order valence-corrected chi connectivity index (χ2v) is 8.65. The number of nitrogens with zero attached hydrogens (tertiary/aromatic N) is 2. The second kappa shape index (κ2) is 12.6. The van der Waals surface area contributed by atoms with Crippen LogP contribution in [0.1, 0.15) is 35.3 Å². The smallest absolute Gasteiger partial charge is 0.345 e. The Labute approximate surface area is 218 Å². The first kappa shape index (κ1) is 27.3. The van der Waals surface area contributed by atoms with E-state index in [0.29, 0.717) is 0 Å². The first-order valence-electron chi connectivity index (χ1n) is 11.2. The highest BCUT2D eigenvalue weighted by Crippen LogP contribution is 2.35. The number of esters is 3. The average molecular weight is 525 g/mol. The molecule has 1 heterocycles. The summed E-state index contributed by atoms with van der Waals surface area (Å²) in [4.78, 5) is 45.8. The van der Waals surface area contributed by atoms with Crippen LogP contribution < -0.4 is 9.47 Å². The fraction of sp³-hybridized carbons (Fsp3) is 0.222. The molecule has 0 saturated carbocycles. The van der Waals surface area contributed by atoms with E-state index in [-0.39, 0.29) is 39.8 Å². The van der Waals surface area contributed by atoms with Crippen LogP contribution in [-0.4, -0.2) is 47.4 Å². The van der Waals surface area contributed by atoms with Crippen LogP contribution in [0.25, 0.3) is 0 Å². The molecule has 1 atom stereocenters. The van der Waals surface area contributed by atoms with Crippen LogP contribution in [0.2, 0.25) is 5.02 Å². The highest BCUT2D eigenvalue weighted by molar-refractivity contribution is 6.31. The Bertz CT molecular complexity index is 1290. The number of carbonyl (C=O) groups is 3. The summed E-state index contributed by atoms with van der Waals surface area (Å²) < 4.78 is 15.9. The molecule has 0 fully saturated rings. The number of aromatic hydroxyl groups is 1. The summed E-state index contributed by atoms with van der Waals surface area (Å²) in [6.07, 6.45) is 4.32. The minimum atomic E-state index is -0.955. The number of rotatable bonds is 9. The number of ether oxygens (including phenoxy) is 3. The molecular formula is C27H25ClN2O7. The molecule has 1 N–H and O–H groups in total. The molecule has 1 aromatic heterocycles. The van der Waals surface area contributed by atoms with E-state index in [1.807, 2.05) is 0 Å². The highest BCUT2D eigenvalue weighted by atomic mass is 35.5. The molecule has 0 spiro atoms. The van der Waals surface area contributed by atoms with Gasteiger partial charge in [-0.05, 0) is 35.9 Å². The van der Waals surface area contributed by atoms with E-state index in [1.54, 1.807) is 32.0 Å². The number of hydrogen-bond donors (Lipinski definition) is 1. The van der Waals surface area contributed by atoms with Crippen molar-refractivity contribution in [1.82, 2.24) is 4.98 Å². The van der Waals surface area contributed by atoms with Gasteiger partial charge in [0.2, 0.25) is 0 Å². The van der Waals surface area contributed by atoms with E-state index in [9.17, 15) is 19.5 Å². The maximum Gasteiger partial charge on any atom is 0.345 e. The van der Waals surface area contributed by atoms with E-state index in [2.05, 4.69) is 9.98 Å². The fourth-order valence-corrected chi connectivity index (χ4v) is 3.31. The second-order valence-electron chi connectivity index (χ2n) is 8.22.